The lowest BCUT2D eigenvalue weighted by Gasteiger charge is -2.31. The van der Waals surface area contributed by atoms with Gasteiger partial charge in [-0.25, -0.2) is 9.59 Å². The van der Waals surface area contributed by atoms with E-state index in [1.54, 1.807) is 26.1 Å². The molecule has 2 heterocycles. The van der Waals surface area contributed by atoms with Crippen molar-refractivity contribution in [1.29, 1.82) is 0 Å². The van der Waals surface area contributed by atoms with Gasteiger partial charge in [0, 0.05) is 31.4 Å². The first-order chi connectivity index (χ1) is 15.7. The number of rotatable bonds is 7. The van der Waals surface area contributed by atoms with E-state index < -0.39 is 23.1 Å². The molecule has 0 saturated heterocycles. The van der Waals surface area contributed by atoms with E-state index in [-0.39, 0.29) is 23.6 Å². The average Bonchev–Trinajstić information content (AvgIpc) is 2.82. The molecule has 176 valence electrons. The second-order valence-corrected chi connectivity index (χ2v) is 7.40. The van der Waals surface area contributed by atoms with Gasteiger partial charge in [-0.2, -0.15) is 0 Å². The first-order valence-electron chi connectivity index (χ1n) is 10.1. The summed E-state index contributed by atoms with van der Waals surface area (Å²) in [6, 6.07) is 3.26. The van der Waals surface area contributed by atoms with Crippen molar-refractivity contribution in [3.05, 3.63) is 68.0 Å². The summed E-state index contributed by atoms with van der Waals surface area (Å²) in [5.74, 6) is -0.114. The summed E-state index contributed by atoms with van der Waals surface area (Å²) in [5.41, 5.74) is 0.241. The zero-order chi connectivity index (χ0) is 24.4. The second-order valence-electron chi connectivity index (χ2n) is 7.40. The second kappa shape index (κ2) is 9.27. The van der Waals surface area contributed by atoms with Crippen LogP contribution in [0.2, 0.25) is 0 Å². The number of hydrogen-bond acceptors (Lipinski definition) is 8. The molecule has 0 saturated carbocycles. The summed E-state index contributed by atoms with van der Waals surface area (Å²) < 4.78 is 24.1. The Labute approximate surface area is 190 Å². The van der Waals surface area contributed by atoms with Crippen molar-refractivity contribution in [2.75, 3.05) is 33.3 Å². The first-order valence-corrected chi connectivity index (χ1v) is 10.1. The van der Waals surface area contributed by atoms with E-state index in [0.29, 0.717) is 28.5 Å². The molecule has 2 aromatic rings. The monoisotopic (exact) mass is 457 g/mol. The van der Waals surface area contributed by atoms with Crippen LogP contribution in [-0.4, -0.2) is 43.0 Å². The molecular weight excluding hydrogens is 430 g/mol. The summed E-state index contributed by atoms with van der Waals surface area (Å²) in [5, 5.41) is 3.04. The number of methoxy groups -OCH3 is 3. The number of nitrogens with one attached hydrogen (secondary N) is 1. The Hall–Kier alpha value is -3.95. The van der Waals surface area contributed by atoms with Crippen molar-refractivity contribution in [3.63, 3.8) is 0 Å². The average molecular weight is 457 g/mol. The molecule has 0 amide bonds. The van der Waals surface area contributed by atoms with Gasteiger partial charge in [0.2, 0.25) is 0 Å². The van der Waals surface area contributed by atoms with Crippen LogP contribution in [0.4, 0.5) is 5.82 Å². The third kappa shape index (κ3) is 3.88. The number of benzene rings is 1. The van der Waals surface area contributed by atoms with E-state index in [2.05, 4.69) is 11.9 Å². The van der Waals surface area contributed by atoms with Crippen molar-refractivity contribution < 1.29 is 23.7 Å². The number of ether oxygens (including phenoxy) is 4. The van der Waals surface area contributed by atoms with Crippen LogP contribution in [0.15, 0.2) is 45.6 Å². The third-order valence-corrected chi connectivity index (χ3v) is 5.59. The molecule has 10 nitrogen and oxygen atoms in total. The molecule has 3 rings (SSSR count). The fourth-order valence-corrected chi connectivity index (χ4v) is 3.96. The van der Waals surface area contributed by atoms with Gasteiger partial charge < -0.3 is 24.3 Å². The summed E-state index contributed by atoms with van der Waals surface area (Å²) in [7, 11) is 7.37. The van der Waals surface area contributed by atoms with Gasteiger partial charge in [0.25, 0.3) is 5.56 Å². The molecule has 33 heavy (non-hydrogen) atoms. The zero-order valence-electron chi connectivity index (χ0n) is 19.5. The molecule has 1 atom stereocenters. The van der Waals surface area contributed by atoms with Gasteiger partial charge in [-0.05, 0) is 13.0 Å². The Morgan fingerprint density at radius 2 is 1.67 bits per heavy atom. The van der Waals surface area contributed by atoms with Crippen molar-refractivity contribution >= 4 is 11.8 Å². The maximum Gasteiger partial charge on any atom is 0.337 e. The van der Waals surface area contributed by atoms with Crippen molar-refractivity contribution in [2.45, 2.75) is 12.8 Å². The van der Waals surface area contributed by atoms with Gasteiger partial charge >= 0.3 is 11.7 Å². The molecule has 1 unspecified atom stereocenters. The molecule has 0 aliphatic carbocycles. The number of allylic oxidation sites excluding steroid dienone is 1. The molecule has 0 fully saturated rings. The van der Waals surface area contributed by atoms with Crippen LogP contribution in [0.25, 0.3) is 0 Å². The van der Waals surface area contributed by atoms with Crippen LogP contribution < -0.4 is 30.8 Å². The predicted molar refractivity (Wildman–Crippen MR) is 122 cm³/mol. The smallest absolute Gasteiger partial charge is 0.337 e. The summed E-state index contributed by atoms with van der Waals surface area (Å²) in [6.45, 7) is 5.24. The van der Waals surface area contributed by atoms with E-state index >= 15 is 0 Å². The van der Waals surface area contributed by atoms with Crippen LogP contribution in [-0.2, 0) is 23.6 Å². The maximum absolute atomic E-state index is 13.4. The van der Waals surface area contributed by atoms with Gasteiger partial charge in [0.15, 0.2) is 11.5 Å². The highest BCUT2D eigenvalue weighted by molar-refractivity contribution is 5.94. The fourth-order valence-electron chi connectivity index (χ4n) is 3.96. The number of nitrogens with zero attached hydrogens (tertiary/aromatic N) is 2. The van der Waals surface area contributed by atoms with E-state index in [1.807, 2.05) is 0 Å². The van der Waals surface area contributed by atoms with Crippen LogP contribution in [0.3, 0.4) is 0 Å². The molecule has 1 aliphatic rings. The highest BCUT2D eigenvalue weighted by Gasteiger charge is 2.39. The number of fused-ring (bicyclic) bond motifs is 1. The number of carbonyl (C=O) groups is 1. The Kier molecular flexibility index (Phi) is 6.66. The topological polar surface area (TPSA) is 110 Å². The normalized spacial score (nSPS) is 14.8. The minimum absolute atomic E-state index is 0.0104. The predicted octanol–water partition coefficient (Wildman–Crippen LogP) is 1.67. The zero-order valence-corrected chi connectivity index (χ0v) is 19.5. The molecule has 1 N–H and O–H groups in total. The summed E-state index contributed by atoms with van der Waals surface area (Å²) in [6.07, 6.45) is 1.45. The van der Waals surface area contributed by atoms with E-state index in [9.17, 15) is 14.4 Å². The van der Waals surface area contributed by atoms with Crippen LogP contribution >= 0.6 is 0 Å². The number of esters is 1. The number of aromatic nitrogens is 2. The van der Waals surface area contributed by atoms with Gasteiger partial charge in [0.05, 0.1) is 38.4 Å². The molecule has 0 radical (unpaired) electrons. The van der Waals surface area contributed by atoms with E-state index in [0.717, 1.165) is 4.57 Å². The Morgan fingerprint density at radius 3 is 2.24 bits per heavy atom. The lowest BCUT2D eigenvalue weighted by molar-refractivity contribution is -0.138. The molecule has 1 aliphatic heterocycles. The van der Waals surface area contributed by atoms with Crippen LogP contribution in [0.1, 0.15) is 24.0 Å². The van der Waals surface area contributed by atoms with E-state index in [4.69, 9.17) is 18.9 Å². The number of hydrogen-bond donors (Lipinski definition) is 1. The Morgan fingerprint density at radius 1 is 1.06 bits per heavy atom. The lowest BCUT2D eigenvalue weighted by atomic mass is 9.81. The number of carbonyl (C=O) groups excluding carboxylic acids is 1. The minimum Gasteiger partial charge on any atom is -0.496 e. The SMILES string of the molecule is C=CCOC(=O)C1=C(C)Nc2c(c(=O)n(C)c(=O)n2C)C1c1cc(OC)c(OC)cc1OC. The van der Waals surface area contributed by atoms with Crippen LogP contribution in [0.5, 0.6) is 17.2 Å². The molecule has 0 bridgehead atoms. The van der Waals surface area contributed by atoms with Crippen molar-refractivity contribution in [3.8, 4) is 17.2 Å². The Balaban J connectivity index is 2.44. The maximum atomic E-state index is 13.4. The minimum atomic E-state index is -0.918. The lowest BCUT2D eigenvalue weighted by Crippen LogP contribution is -2.43. The quantitative estimate of drug-likeness (QED) is 0.494. The van der Waals surface area contributed by atoms with Gasteiger partial charge in [-0.15, -0.1) is 0 Å². The molecule has 1 aromatic carbocycles. The largest absolute Gasteiger partial charge is 0.496 e. The molecule has 0 spiro atoms. The first kappa shape index (κ1) is 23.7. The van der Waals surface area contributed by atoms with Crippen molar-refractivity contribution in [1.82, 2.24) is 9.13 Å². The molecule has 10 heteroatoms. The third-order valence-electron chi connectivity index (χ3n) is 5.59. The van der Waals surface area contributed by atoms with Gasteiger partial charge in [-0.3, -0.25) is 13.9 Å². The van der Waals surface area contributed by atoms with Crippen LogP contribution in [0, 0.1) is 0 Å². The molecule has 1 aromatic heterocycles. The van der Waals surface area contributed by atoms with Gasteiger partial charge in [0.1, 0.15) is 18.2 Å². The van der Waals surface area contributed by atoms with Crippen molar-refractivity contribution in [2.24, 2.45) is 14.1 Å². The summed E-state index contributed by atoms with van der Waals surface area (Å²) >= 11 is 0. The highest BCUT2D eigenvalue weighted by atomic mass is 16.5. The van der Waals surface area contributed by atoms with E-state index in [1.165, 1.54) is 39.0 Å². The molecular formula is C23H27N3O7. The summed E-state index contributed by atoms with van der Waals surface area (Å²) in [4.78, 5) is 39.1. The standard InChI is InChI=1S/C23H27N3O7/c1-8-9-33-22(28)17-12(2)24-20-19(21(27)26(4)23(29)25(20)3)18(17)13-10-15(31-6)16(32-7)11-14(13)30-5/h8,10-11,18,24H,1,9H2,2-7H3. The highest BCUT2D eigenvalue weighted by Crippen LogP contribution is 2.46. The fraction of sp³-hybridized carbons (Fsp3) is 0.348. The Bertz CT molecular complexity index is 1270. The number of anilines is 1. The van der Waals surface area contributed by atoms with Gasteiger partial charge in [-0.1, -0.05) is 12.7 Å².